The van der Waals surface area contributed by atoms with Gasteiger partial charge in [0.05, 0.1) is 5.69 Å². The highest BCUT2D eigenvalue weighted by Crippen LogP contribution is 2.24. The predicted octanol–water partition coefficient (Wildman–Crippen LogP) is 1.97. The van der Waals surface area contributed by atoms with E-state index in [1.165, 1.54) is 0 Å². The Morgan fingerprint density at radius 3 is 1.83 bits per heavy atom. The van der Waals surface area contributed by atoms with E-state index < -0.39 is 0 Å². The van der Waals surface area contributed by atoms with Gasteiger partial charge in [-0.15, -0.1) is 0 Å². The molecule has 92 valence electrons. The zero-order valence-electron chi connectivity index (χ0n) is 9.71. The van der Waals surface area contributed by atoms with Gasteiger partial charge in [0.2, 0.25) is 0 Å². The molecular weight excluding hydrogens is 228 g/mol. The average Bonchev–Trinajstić information content (AvgIpc) is 2.34. The van der Waals surface area contributed by atoms with Gasteiger partial charge < -0.3 is 21.9 Å². The molecule has 0 bridgehead atoms. The van der Waals surface area contributed by atoms with Crippen molar-refractivity contribution in [2.45, 2.75) is 0 Å². The second-order valence-corrected chi connectivity index (χ2v) is 3.70. The van der Waals surface area contributed by atoms with Crippen molar-refractivity contribution in [1.29, 1.82) is 0 Å². The highest BCUT2D eigenvalue weighted by Gasteiger charge is 1.97. The standard InChI is InChI=1S/C13H14N4O/c14-9-1-5-11(6-2-9)18-12-7-3-10(4-8-12)17-13(15)16/h1-8H,14H2,(H4,15,16,17). The Morgan fingerprint density at radius 1 is 0.833 bits per heavy atom. The average molecular weight is 242 g/mol. The summed E-state index contributed by atoms with van der Waals surface area (Å²) < 4.78 is 5.63. The number of nitrogens with two attached hydrogens (primary N) is 3. The molecule has 0 aliphatic rings. The van der Waals surface area contributed by atoms with Crippen molar-refractivity contribution in [3.63, 3.8) is 0 Å². The molecule has 6 N–H and O–H groups in total. The quantitative estimate of drug-likeness (QED) is 0.435. The van der Waals surface area contributed by atoms with Gasteiger partial charge in [-0.05, 0) is 48.5 Å². The molecule has 0 spiro atoms. The molecule has 0 unspecified atom stereocenters. The van der Waals surface area contributed by atoms with Crippen LogP contribution in [0.2, 0.25) is 0 Å². The van der Waals surface area contributed by atoms with Crippen LogP contribution < -0.4 is 21.9 Å². The second kappa shape index (κ2) is 5.09. The first kappa shape index (κ1) is 11.8. The Bertz CT molecular complexity index is 542. The van der Waals surface area contributed by atoms with Crippen LogP contribution in [0, 0.1) is 0 Å². The van der Waals surface area contributed by atoms with Crippen LogP contribution in [-0.4, -0.2) is 5.96 Å². The minimum atomic E-state index is 0.0298. The molecule has 0 heterocycles. The maximum absolute atomic E-state index is 5.63. The minimum Gasteiger partial charge on any atom is -0.457 e. The van der Waals surface area contributed by atoms with Crippen LogP contribution in [0.15, 0.2) is 53.5 Å². The summed E-state index contributed by atoms with van der Waals surface area (Å²) in [6.45, 7) is 0. The van der Waals surface area contributed by atoms with Crippen LogP contribution in [-0.2, 0) is 0 Å². The van der Waals surface area contributed by atoms with Crippen molar-refractivity contribution >= 4 is 17.3 Å². The third-order valence-electron chi connectivity index (χ3n) is 2.21. The van der Waals surface area contributed by atoms with Gasteiger partial charge in [0.25, 0.3) is 0 Å². The van der Waals surface area contributed by atoms with Crippen molar-refractivity contribution in [3.05, 3.63) is 48.5 Å². The van der Waals surface area contributed by atoms with Gasteiger partial charge in [0.1, 0.15) is 11.5 Å². The Labute approximate surface area is 105 Å². The lowest BCUT2D eigenvalue weighted by atomic mass is 10.3. The SMILES string of the molecule is NC(N)=Nc1ccc(Oc2ccc(N)cc2)cc1. The van der Waals surface area contributed by atoms with Crippen LogP contribution in [0.3, 0.4) is 0 Å². The number of benzene rings is 2. The molecule has 0 radical (unpaired) electrons. The third-order valence-corrected chi connectivity index (χ3v) is 2.21. The largest absolute Gasteiger partial charge is 0.457 e. The summed E-state index contributed by atoms with van der Waals surface area (Å²) in [7, 11) is 0. The molecule has 0 atom stereocenters. The zero-order chi connectivity index (χ0) is 13.0. The van der Waals surface area contributed by atoms with Crippen LogP contribution >= 0.6 is 0 Å². The molecule has 18 heavy (non-hydrogen) atoms. The highest BCUT2D eigenvalue weighted by molar-refractivity contribution is 5.79. The predicted molar refractivity (Wildman–Crippen MR) is 72.8 cm³/mol. The smallest absolute Gasteiger partial charge is 0.191 e. The van der Waals surface area contributed by atoms with Gasteiger partial charge >= 0.3 is 0 Å². The fraction of sp³-hybridized carbons (Fsp3) is 0. The summed E-state index contributed by atoms with van der Waals surface area (Å²) in [5.41, 5.74) is 17.5. The second-order valence-electron chi connectivity index (χ2n) is 3.70. The number of ether oxygens (including phenoxy) is 1. The van der Waals surface area contributed by atoms with Gasteiger partial charge in [0, 0.05) is 5.69 Å². The maximum Gasteiger partial charge on any atom is 0.191 e. The Balaban J connectivity index is 2.11. The first-order valence-corrected chi connectivity index (χ1v) is 5.36. The van der Waals surface area contributed by atoms with E-state index in [-0.39, 0.29) is 5.96 Å². The van der Waals surface area contributed by atoms with Crippen LogP contribution in [0.4, 0.5) is 11.4 Å². The number of hydrogen-bond donors (Lipinski definition) is 3. The highest BCUT2D eigenvalue weighted by atomic mass is 16.5. The van der Waals surface area contributed by atoms with E-state index in [2.05, 4.69) is 4.99 Å². The first-order chi connectivity index (χ1) is 8.63. The summed E-state index contributed by atoms with van der Waals surface area (Å²) in [6.07, 6.45) is 0. The Kier molecular flexibility index (Phi) is 3.33. The lowest BCUT2D eigenvalue weighted by molar-refractivity contribution is 0.483. The Hall–Kier alpha value is -2.69. The summed E-state index contributed by atoms with van der Waals surface area (Å²) in [5.74, 6) is 1.45. The van der Waals surface area contributed by atoms with E-state index in [9.17, 15) is 0 Å². The summed E-state index contributed by atoms with van der Waals surface area (Å²) in [5, 5.41) is 0. The minimum absolute atomic E-state index is 0.0298. The van der Waals surface area contributed by atoms with Crippen LogP contribution in [0.1, 0.15) is 0 Å². The molecule has 0 aliphatic carbocycles. The number of aliphatic imine (C=N–C) groups is 1. The lowest BCUT2D eigenvalue weighted by Crippen LogP contribution is -2.21. The van der Waals surface area contributed by atoms with Crippen molar-refractivity contribution in [2.75, 3.05) is 5.73 Å². The number of nitrogens with zero attached hydrogens (tertiary/aromatic N) is 1. The molecule has 5 nitrogen and oxygen atoms in total. The van der Waals surface area contributed by atoms with Crippen LogP contribution in [0.25, 0.3) is 0 Å². The van der Waals surface area contributed by atoms with Crippen molar-refractivity contribution in [3.8, 4) is 11.5 Å². The normalized spacial score (nSPS) is 9.78. The van der Waals surface area contributed by atoms with E-state index in [1.54, 1.807) is 48.5 Å². The fourth-order valence-corrected chi connectivity index (χ4v) is 1.41. The van der Waals surface area contributed by atoms with Crippen molar-refractivity contribution in [1.82, 2.24) is 0 Å². The molecule has 2 aromatic rings. The number of rotatable bonds is 3. The zero-order valence-corrected chi connectivity index (χ0v) is 9.71. The van der Waals surface area contributed by atoms with Crippen molar-refractivity contribution < 1.29 is 4.74 Å². The summed E-state index contributed by atoms with van der Waals surface area (Å²) in [4.78, 5) is 3.92. The lowest BCUT2D eigenvalue weighted by Gasteiger charge is -2.06. The van der Waals surface area contributed by atoms with E-state index in [0.717, 1.165) is 5.75 Å². The van der Waals surface area contributed by atoms with Gasteiger partial charge in [-0.25, -0.2) is 4.99 Å². The Morgan fingerprint density at radius 2 is 1.33 bits per heavy atom. The third kappa shape index (κ3) is 3.15. The number of anilines is 1. The molecule has 0 fully saturated rings. The molecule has 0 aliphatic heterocycles. The van der Waals surface area contributed by atoms with Gasteiger partial charge in [-0.1, -0.05) is 0 Å². The van der Waals surface area contributed by atoms with Gasteiger partial charge in [-0.2, -0.15) is 0 Å². The summed E-state index contributed by atoms with van der Waals surface area (Å²) in [6, 6.07) is 14.3. The first-order valence-electron chi connectivity index (χ1n) is 5.36. The van der Waals surface area contributed by atoms with Gasteiger partial charge in [-0.3, -0.25) is 0 Å². The maximum atomic E-state index is 5.63. The molecule has 0 saturated heterocycles. The van der Waals surface area contributed by atoms with E-state index >= 15 is 0 Å². The van der Waals surface area contributed by atoms with Crippen molar-refractivity contribution in [2.24, 2.45) is 16.5 Å². The van der Waals surface area contributed by atoms with E-state index in [0.29, 0.717) is 17.1 Å². The summed E-state index contributed by atoms with van der Waals surface area (Å²) >= 11 is 0. The molecule has 0 aromatic heterocycles. The molecule has 0 amide bonds. The molecule has 2 rings (SSSR count). The number of guanidine groups is 1. The number of hydrogen-bond acceptors (Lipinski definition) is 3. The van der Waals surface area contributed by atoms with Crippen LogP contribution in [0.5, 0.6) is 11.5 Å². The molecule has 0 saturated carbocycles. The van der Waals surface area contributed by atoms with E-state index in [4.69, 9.17) is 21.9 Å². The monoisotopic (exact) mass is 242 g/mol. The fourth-order valence-electron chi connectivity index (χ4n) is 1.41. The van der Waals surface area contributed by atoms with Gasteiger partial charge in [0.15, 0.2) is 5.96 Å². The topological polar surface area (TPSA) is 99.7 Å². The molecule has 2 aromatic carbocycles. The number of nitrogen functional groups attached to an aromatic ring is 1. The van der Waals surface area contributed by atoms with E-state index in [1.807, 2.05) is 0 Å². The molecular formula is C13H14N4O. The molecule has 5 heteroatoms.